The topological polar surface area (TPSA) is 0 Å². The van der Waals surface area contributed by atoms with Crippen molar-refractivity contribution in [3.05, 3.63) is 34.9 Å². The highest BCUT2D eigenvalue weighted by atomic mass is 35.5. The average molecular weight is 201 g/mol. The van der Waals surface area contributed by atoms with Gasteiger partial charge in [-0.1, -0.05) is 30.7 Å². The summed E-state index contributed by atoms with van der Waals surface area (Å²) >= 11 is 7.81. The minimum Gasteiger partial charge on any atom is -0.154 e. The van der Waals surface area contributed by atoms with E-state index in [1.807, 2.05) is 30.0 Å². The molecule has 0 aliphatic rings. The predicted octanol–water partition coefficient (Wildman–Crippen LogP) is 4.15. The Morgan fingerprint density at radius 3 is 2.83 bits per heavy atom. The number of hydrogen-bond acceptors (Lipinski definition) is 1. The van der Waals surface area contributed by atoms with Gasteiger partial charge in [-0.3, -0.25) is 0 Å². The van der Waals surface area contributed by atoms with Crippen LogP contribution in [0.1, 0.15) is 24.7 Å². The molecule has 0 aliphatic carbocycles. The molecule has 0 amide bonds. The third kappa shape index (κ3) is 2.72. The van der Waals surface area contributed by atoms with Crippen molar-refractivity contribution in [3.8, 4) is 0 Å². The molecule has 0 aliphatic heterocycles. The predicted molar refractivity (Wildman–Crippen MR) is 58.0 cm³/mol. The fourth-order valence-electron chi connectivity index (χ4n) is 1.11. The zero-order valence-corrected chi connectivity index (χ0v) is 8.95. The van der Waals surface area contributed by atoms with Crippen LogP contribution >= 0.6 is 23.4 Å². The van der Waals surface area contributed by atoms with E-state index in [-0.39, 0.29) is 0 Å². The SMILES string of the molecule is CCSC(C)c1cccc(Cl)c1. The Morgan fingerprint density at radius 1 is 1.50 bits per heavy atom. The summed E-state index contributed by atoms with van der Waals surface area (Å²) in [7, 11) is 0. The second kappa shape index (κ2) is 4.78. The van der Waals surface area contributed by atoms with Gasteiger partial charge in [0, 0.05) is 10.3 Å². The van der Waals surface area contributed by atoms with Crippen molar-refractivity contribution in [2.24, 2.45) is 0 Å². The van der Waals surface area contributed by atoms with Gasteiger partial charge in [0.1, 0.15) is 0 Å². The summed E-state index contributed by atoms with van der Waals surface area (Å²) in [5.74, 6) is 1.15. The van der Waals surface area contributed by atoms with Gasteiger partial charge < -0.3 is 0 Å². The molecular weight excluding hydrogens is 188 g/mol. The molecule has 0 saturated heterocycles. The summed E-state index contributed by atoms with van der Waals surface area (Å²) in [6.07, 6.45) is 0. The standard InChI is InChI=1S/C10H13ClS/c1-3-12-8(2)9-5-4-6-10(11)7-9/h4-8H,3H2,1-2H3. The third-order valence-corrected chi connectivity index (χ3v) is 3.08. The van der Waals surface area contributed by atoms with Crippen molar-refractivity contribution in [1.82, 2.24) is 0 Å². The largest absolute Gasteiger partial charge is 0.154 e. The molecule has 1 rings (SSSR count). The number of rotatable bonds is 3. The maximum absolute atomic E-state index is 5.88. The highest BCUT2D eigenvalue weighted by Crippen LogP contribution is 2.28. The van der Waals surface area contributed by atoms with Crippen LogP contribution in [0.5, 0.6) is 0 Å². The van der Waals surface area contributed by atoms with Crippen LogP contribution < -0.4 is 0 Å². The van der Waals surface area contributed by atoms with Crippen molar-refractivity contribution >= 4 is 23.4 Å². The van der Waals surface area contributed by atoms with E-state index in [1.165, 1.54) is 5.56 Å². The Balaban J connectivity index is 2.73. The first-order valence-electron chi connectivity index (χ1n) is 4.11. The molecule has 66 valence electrons. The molecule has 1 aromatic rings. The Morgan fingerprint density at radius 2 is 2.25 bits per heavy atom. The molecule has 0 aromatic heterocycles. The summed E-state index contributed by atoms with van der Waals surface area (Å²) in [4.78, 5) is 0. The maximum Gasteiger partial charge on any atom is 0.0409 e. The lowest BCUT2D eigenvalue weighted by atomic mass is 10.2. The Labute approximate surface area is 83.3 Å². The van der Waals surface area contributed by atoms with Crippen LogP contribution in [0.2, 0.25) is 5.02 Å². The molecule has 0 saturated carbocycles. The van der Waals surface area contributed by atoms with E-state index < -0.39 is 0 Å². The number of hydrogen-bond donors (Lipinski definition) is 0. The highest BCUT2D eigenvalue weighted by molar-refractivity contribution is 7.99. The van der Waals surface area contributed by atoms with Crippen molar-refractivity contribution in [2.45, 2.75) is 19.1 Å². The highest BCUT2D eigenvalue weighted by Gasteiger charge is 2.03. The molecule has 0 fully saturated rings. The Bertz CT molecular complexity index is 247. The van der Waals surface area contributed by atoms with Crippen LogP contribution in [0.4, 0.5) is 0 Å². The average Bonchev–Trinajstić information content (AvgIpc) is 2.05. The molecule has 0 nitrogen and oxygen atoms in total. The number of thioether (sulfide) groups is 1. The molecule has 1 aromatic carbocycles. The minimum absolute atomic E-state index is 0.550. The summed E-state index contributed by atoms with van der Waals surface area (Å²) in [5, 5.41) is 1.38. The maximum atomic E-state index is 5.88. The zero-order valence-electron chi connectivity index (χ0n) is 7.38. The van der Waals surface area contributed by atoms with E-state index in [0.29, 0.717) is 5.25 Å². The first-order valence-corrected chi connectivity index (χ1v) is 5.53. The van der Waals surface area contributed by atoms with Crippen molar-refractivity contribution in [2.75, 3.05) is 5.75 Å². The second-order valence-electron chi connectivity index (χ2n) is 2.65. The summed E-state index contributed by atoms with van der Waals surface area (Å²) in [5.41, 5.74) is 1.31. The summed E-state index contributed by atoms with van der Waals surface area (Å²) in [6.45, 7) is 4.38. The van der Waals surface area contributed by atoms with Gasteiger partial charge in [0.2, 0.25) is 0 Å². The summed E-state index contributed by atoms with van der Waals surface area (Å²) < 4.78 is 0. The van der Waals surface area contributed by atoms with Gasteiger partial charge in [-0.05, 0) is 30.4 Å². The van der Waals surface area contributed by atoms with Crippen molar-refractivity contribution in [1.29, 1.82) is 0 Å². The minimum atomic E-state index is 0.550. The molecule has 0 heterocycles. The molecule has 0 spiro atoms. The normalized spacial score (nSPS) is 12.9. The fraction of sp³-hybridized carbons (Fsp3) is 0.400. The monoisotopic (exact) mass is 200 g/mol. The van der Waals surface area contributed by atoms with Crippen LogP contribution in [-0.2, 0) is 0 Å². The lowest BCUT2D eigenvalue weighted by Crippen LogP contribution is -1.87. The van der Waals surface area contributed by atoms with Gasteiger partial charge in [-0.15, -0.1) is 0 Å². The van der Waals surface area contributed by atoms with Gasteiger partial charge in [-0.2, -0.15) is 11.8 Å². The van der Waals surface area contributed by atoms with E-state index in [1.54, 1.807) is 0 Å². The van der Waals surface area contributed by atoms with E-state index >= 15 is 0 Å². The third-order valence-electron chi connectivity index (χ3n) is 1.73. The Hall–Kier alpha value is -0.140. The van der Waals surface area contributed by atoms with Gasteiger partial charge >= 0.3 is 0 Å². The quantitative estimate of drug-likeness (QED) is 0.707. The molecule has 2 heteroatoms. The molecule has 1 atom stereocenters. The first-order chi connectivity index (χ1) is 5.74. The smallest absolute Gasteiger partial charge is 0.0409 e. The van der Waals surface area contributed by atoms with E-state index in [2.05, 4.69) is 19.9 Å². The van der Waals surface area contributed by atoms with E-state index in [9.17, 15) is 0 Å². The van der Waals surface area contributed by atoms with Gasteiger partial charge in [0.25, 0.3) is 0 Å². The fourth-order valence-corrected chi connectivity index (χ4v) is 2.14. The van der Waals surface area contributed by atoms with Crippen LogP contribution in [0.15, 0.2) is 24.3 Å². The zero-order chi connectivity index (χ0) is 8.97. The molecule has 12 heavy (non-hydrogen) atoms. The molecule has 0 radical (unpaired) electrons. The lowest BCUT2D eigenvalue weighted by Gasteiger charge is -2.09. The van der Waals surface area contributed by atoms with Crippen LogP contribution in [0, 0.1) is 0 Å². The van der Waals surface area contributed by atoms with Gasteiger partial charge in [-0.25, -0.2) is 0 Å². The van der Waals surface area contributed by atoms with Crippen molar-refractivity contribution in [3.63, 3.8) is 0 Å². The molecule has 0 bridgehead atoms. The lowest BCUT2D eigenvalue weighted by molar-refractivity contribution is 1.10. The molecule has 0 N–H and O–H groups in total. The summed E-state index contributed by atoms with van der Waals surface area (Å²) in [6, 6.07) is 8.08. The van der Waals surface area contributed by atoms with E-state index in [0.717, 1.165) is 10.8 Å². The van der Waals surface area contributed by atoms with Gasteiger partial charge in [0.05, 0.1) is 0 Å². The first kappa shape index (κ1) is 9.94. The van der Waals surface area contributed by atoms with Crippen LogP contribution in [0.25, 0.3) is 0 Å². The number of benzene rings is 1. The van der Waals surface area contributed by atoms with Gasteiger partial charge in [0.15, 0.2) is 0 Å². The van der Waals surface area contributed by atoms with Crippen LogP contribution in [-0.4, -0.2) is 5.75 Å². The number of halogens is 1. The van der Waals surface area contributed by atoms with Crippen LogP contribution in [0.3, 0.4) is 0 Å². The van der Waals surface area contributed by atoms with E-state index in [4.69, 9.17) is 11.6 Å². The Kier molecular flexibility index (Phi) is 3.96. The van der Waals surface area contributed by atoms with Crippen molar-refractivity contribution < 1.29 is 0 Å². The molecular formula is C10H13ClS. The molecule has 1 unspecified atom stereocenters. The second-order valence-corrected chi connectivity index (χ2v) is 4.71.